The molecule has 0 unspecified atom stereocenters. The number of hydrogen-bond donors (Lipinski definition) is 3. The normalized spacial score (nSPS) is 37.8. The van der Waals surface area contributed by atoms with Crippen LogP contribution in [0.25, 0.3) is 0 Å². The quantitative estimate of drug-likeness (QED) is 0.518. The lowest BCUT2D eigenvalue weighted by atomic mass is 9.93. The van der Waals surface area contributed by atoms with Crippen LogP contribution in [0.5, 0.6) is 0 Å². The van der Waals surface area contributed by atoms with Crippen LogP contribution in [0.4, 0.5) is 0 Å². The van der Waals surface area contributed by atoms with Gasteiger partial charge in [0.1, 0.15) is 5.54 Å². The first-order chi connectivity index (χ1) is 14.6. The molecule has 10 heteroatoms. The Labute approximate surface area is 182 Å². The number of carbonyl (C=O) groups excluding carboxylic acids is 3. The Morgan fingerprint density at radius 2 is 1.94 bits per heavy atom. The first-order valence-corrected chi connectivity index (χ1v) is 12.7. The van der Waals surface area contributed by atoms with Crippen LogP contribution >= 0.6 is 0 Å². The molecule has 0 spiro atoms. The second-order valence-corrected chi connectivity index (χ2v) is 11.4. The molecule has 3 saturated carbocycles. The van der Waals surface area contributed by atoms with Gasteiger partial charge in [-0.25, -0.2) is 8.42 Å². The van der Waals surface area contributed by atoms with Crippen LogP contribution in [0.15, 0.2) is 12.2 Å². The zero-order chi connectivity index (χ0) is 22.4. The predicted molar refractivity (Wildman–Crippen MR) is 112 cm³/mol. The van der Waals surface area contributed by atoms with E-state index in [0.717, 1.165) is 19.3 Å². The van der Waals surface area contributed by atoms with Gasteiger partial charge in [0.05, 0.1) is 23.2 Å². The van der Waals surface area contributed by atoms with Gasteiger partial charge < -0.3 is 15.3 Å². The average molecular weight is 454 g/mol. The third-order valence-electron chi connectivity index (χ3n) is 7.01. The van der Waals surface area contributed by atoms with E-state index < -0.39 is 50.6 Å². The number of nitrogens with one attached hydrogen (secondary N) is 2. The van der Waals surface area contributed by atoms with Gasteiger partial charge in [-0.15, -0.1) is 0 Å². The topological polar surface area (TPSA) is 133 Å². The van der Waals surface area contributed by atoms with Crippen molar-refractivity contribution in [3.63, 3.8) is 0 Å². The van der Waals surface area contributed by atoms with Crippen LogP contribution in [0, 0.1) is 17.8 Å². The van der Waals surface area contributed by atoms with Crippen molar-refractivity contribution in [1.29, 1.82) is 0 Å². The molecule has 3 amide bonds. The van der Waals surface area contributed by atoms with Crippen molar-refractivity contribution < 1.29 is 27.9 Å². The van der Waals surface area contributed by atoms with E-state index in [9.17, 15) is 27.9 Å². The van der Waals surface area contributed by atoms with E-state index in [1.165, 1.54) is 0 Å². The minimum atomic E-state index is -3.74. The Hall–Kier alpha value is -1.94. The highest BCUT2D eigenvalue weighted by molar-refractivity contribution is 7.91. The van der Waals surface area contributed by atoms with Crippen LogP contribution in [-0.4, -0.2) is 66.6 Å². The zero-order valence-electron chi connectivity index (χ0n) is 17.7. The number of sulfonamides is 1. The lowest BCUT2D eigenvalue weighted by molar-refractivity contribution is -0.140. The Kier molecular flexibility index (Phi) is 5.89. The monoisotopic (exact) mass is 453 g/mol. The maximum atomic E-state index is 13.2. The summed E-state index contributed by atoms with van der Waals surface area (Å²) < 4.78 is 26.8. The first-order valence-electron chi connectivity index (χ1n) is 11.1. The van der Waals surface area contributed by atoms with Crippen LogP contribution in [0.3, 0.4) is 0 Å². The maximum absolute atomic E-state index is 13.2. The summed E-state index contributed by atoms with van der Waals surface area (Å²) in [5, 5.41) is 12.4. The number of nitrogens with zero attached hydrogens (tertiary/aromatic N) is 1. The van der Waals surface area contributed by atoms with Gasteiger partial charge in [-0.3, -0.25) is 19.1 Å². The molecular formula is C21H31N3O6S. The van der Waals surface area contributed by atoms with Crippen LogP contribution in [-0.2, 0) is 24.4 Å². The summed E-state index contributed by atoms with van der Waals surface area (Å²) in [7, 11) is -2.04. The van der Waals surface area contributed by atoms with E-state index in [4.69, 9.17) is 0 Å². The van der Waals surface area contributed by atoms with Crippen LogP contribution < -0.4 is 10.0 Å². The second-order valence-electron chi connectivity index (χ2n) is 9.47. The Morgan fingerprint density at radius 1 is 1.23 bits per heavy atom. The van der Waals surface area contributed by atoms with E-state index in [2.05, 4.69) is 10.0 Å². The summed E-state index contributed by atoms with van der Waals surface area (Å²) in [6.45, 7) is 0.586. The standard InChI is InChI=1S/C21H31N3O6S/c1-24-9-5-3-2-4-6-13-12-21(13,20(28)23-31(29,30)15-7-8-15)22-18(26)16-10-14(25)11-17(16)19(24)27/h4,6,13-17,25H,2-3,5,7-12H2,1H3,(H,22,26)(H,23,28)/b6-4-/t13-,14-,16-,17-,21-/m1/s1. The van der Waals surface area contributed by atoms with E-state index in [1.54, 1.807) is 11.9 Å². The molecule has 0 saturated heterocycles. The summed E-state index contributed by atoms with van der Waals surface area (Å²) in [4.78, 5) is 40.7. The minimum absolute atomic E-state index is 0.147. The van der Waals surface area contributed by atoms with Gasteiger partial charge in [-0.2, -0.15) is 0 Å². The summed E-state index contributed by atoms with van der Waals surface area (Å²) in [5.41, 5.74) is -1.33. The van der Waals surface area contributed by atoms with Gasteiger partial charge in [0, 0.05) is 19.5 Å². The molecule has 3 N–H and O–H groups in total. The van der Waals surface area contributed by atoms with E-state index >= 15 is 0 Å². The van der Waals surface area contributed by atoms with Gasteiger partial charge in [0.25, 0.3) is 5.91 Å². The molecule has 3 aliphatic carbocycles. The minimum Gasteiger partial charge on any atom is -0.393 e. The number of aliphatic hydroxyl groups excluding tert-OH is 1. The third kappa shape index (κ3) is 4.50. The largest absolute Gasteiger partial charge is 0.393 e. The summed E-state index contributed by atoms with van der Waals surface area (Å²) >= 11 is 0. The summed E-state index contributed by atoms with van der Waals surface area (Å²) in [6, 6.07) is 0. The lowest BCUT2D eigenvalue weighted by Crippen LogP contribution is -2.54. The van der Waals surface area contributed by atoms with Crippen molar-refractivity contribution in [2.45, 2.75) is 68.3 Å². The molecule has 9 nitrogen and oxygen atoms in total. The molecular weight excluding hydrogens is 422 g/mol. The fraction of sp³-hybridized carbons (Fsp3) is 0.762. The molecule has 1 aliphatic heterocycles. The highest BCUT2D eigenvalue weighted by Crippen LogP contribution is 2.46. The highest BCUT2D eigenvalue weighted by Gasteiger charge is 2.62. The van der Waals surface area contributed by atoms with Crippen molar-refractivity contribution in [3.05, 3.63) is 12.2 Å². The zero-order valence-corrected chi connectivity index (χ0v) is 18.6. The van der Waals surface area contributed by atoms with E-state index in [1.807, 2.05) is 12.2 Å². The number of fused-ring (bicyclic) bond motifs is 2. The summed E-state index contributed by atoms with van der Waals surface area (Å²) in [6.07, 6.45) is 7.27. The van der Waals surface area contributed by atoms with Crippen molar-refractivity contribution in [2.75, 3.05) is 13.6 Å². The van der Waals surface area contributed by atoms with Gasteiger partial charge in [0.15, 0.2) is 0 Å². The lowest BCUT2D eigenvalue weighted by Gasteiger charge is -2.26. The SMILES string of the molecule is CN1CCCC/C=C\[C@@H]2C[C@@]2(C(=O)NS(=O)(=O)C2CC2)NC(=O)[C@@H]2C[C@@H](O)C[C@H]2C1=O. The Morgan fingerprint density at radius 3 is 2.65 bits per heavy atom. The molecule has 3 fully saturated rings. The average Bonchev–Trinajstić information content (AvgIpc) is 3.61. The smallest absolute Gasteiger partial charge is 0.259 e. The van der Waals surface area contributed by atoms with Crippen molar-refractivity contribution in [1.82, 2.24) is 14.9 Å². The molecule has 0 aromatic heterocycles. The third-order valence-corrected chi connectivity index (χ3v) is 8.83. The molecule has 4 rings (SSSR count). The molecule has 0 aromatic rings. The van der Waals surface area contributed by atoms with Crippen LogP contribution in [0.1, 0.15) is 51.4 Å². The fourth-order valence-corrected chi connectivity index (χ4v) is 6.18. The highest BCUT2D eigenvalue weighted by atomic mass is 32.2. The van der Waals surface area contributed by atoms with Gasteiger partial charge in [-0.1, -0.05) is 12.2 Å². The molecule has 172 valence electrons. The molecule has 31 heavy (non-hydrogen) atoms. The Balaban J connectivity index is 1.58. The number of allylic oxidation sites excluding steroid dienone is 1. The fourth-order valence-electron chi connectivity index (χ4n) is 4.81. The second kappa shape index (κ2) is 8.20. The van der Waals surface area contributed by atoms with Gasteiger partial charge in [0.2, 0.25) is 21.8 Å². The number of rotatable bonds is 3. The number of carbonyl (C=O) groups is 3. The maximum Gasteiger partial charge on any atom is 0.259 e. The molecule has 1 heterocycles. The molecule has 4 aliphatic rings. The van der Waals surface area contributed by atoms with Crippen molar-refractivity contribution >= 4 is 27.7 Å². The number of hydrogen-bond acceptors (Lipinski definition) is 6. The van der Waals surface area contributed by atoms with E-state index in [-0.39, 0.29) is 24.7 Å². The van der Waals surface area contributed by atoms with Gasteiger partial charge in [-0.05, 0) is 51.4 Å². The number of aliphatic hydroxyl groups is 1. The summed E-state index contributed by atoms with van der Waals surface area (Å²) in [5.74, 6) is -3.06. The molecule has 0 radical (unpaired) electrons. The Bertz CT molecular complexity index is 899. The predicted octanol–water partition coefficient (Wildman–Crippen LogP) is 0.0553. The van der Waals surface area contributed by atoms with Crippen LogP contribution in [0.2, 0.25) is 0 Å². The van der Waals surface area contributed by atoms with E-state index in [0.29, 0.717) is 25.8 Å². The molecule has 0 aromatic carbocycles. The molecule has 5 atom stereocenters. The first kappa shape index (κ1) is 22.3. The van der Waals surface area contributed by atoms with Gasteiger partial charge >= 0.3 is 0 Å². The number of amides is 3. The molecule has 0 bridgehead atoms. The van der Waals surface area contributed by atoms with Crippen molar-refractivity contribution in [3.8, 4) is 0 Å². The van der Waals surface area contributed by atoms with Crippen molar-refractivity contribution in [2.24, 2.45) is 17.8 Å².